The molecule has 3 aliphatic heterocycles. The number of carbonyl (C=O) groups is 3. The summed E-state index contributed by atoms with van der Waals surface area (Å²) in [6, 6.07) is 6.98. The van der Waals surface area contributed by atoms with Crippen molar-refractivity contribution in [2.45, 2.75) is 56.8 Å². The number of nitrogens with one attached hydrogen (secondary N) is 1. The van der Waals surface area contributed by atoms with Crippen LogP contribution in [0.25, 0.3) is 0 Å². The lowest BCUT2D eigenvalue weighted by Crippen LogP contribution is -2.43. The molecular formula is C24H32N4O4S. The van der Waals surface area contributed by atoms with Crippen molar-refractivity contribution in [1.82, 2.24) is 9.80 Å². The molecule has 8 nitrogen and oxygen atoms in total. The third-order valence-corrected chi connectivity index (χ3v) is 7.40. The molecular weight excluding hydrogens is 440 g/mol. The molecule has 3 aliphatic rings. The van der Waals surface area contributed by atoms with Crippen LogP contribution in [-0.2, 0) is 14.3 Å². The normalized spacial score (nSPS) is 23.4. The molecule has 1 N–H and O–H groups in total. The van der Waals surface area contributed by atoms with E-state index in [2.05, 4.69) is 15.2 Å². The molecule has 0 radical (unpaired) electrons. The molecule has 0 bridgehead atoms. The van der Waals surface area contributed by atoms with Crippen LogP contribution in [0.3, 0.4) is 0 Å². The summed E-state index contributed by atoms with van der Waals surface area (Å²) in [5.74, 6) is -0.555. The van der Waals surface area contributed by atoms with Gasteiger partial charge in [-0.25, -0.2) is 0 Å². The highest BCUT2D eigenvalue weighted by molar-refractivity contribution is 8.15. The number of amidine groups is 1. The Hall–Kier alpha value is -2.39. The van der Waals surface area contributed by atoms with Gasteiger partial charge < -0.3 is 19.9 Å². The Bertz CT molecular complexity index is 913. The van der Waals surface area contributed by atoms with E-state index in [1.165, 1.54) is 18.2 Å². The van der Waals surface area contributed by atoms with E-state index in [9.17, 15) is 14.4 Å². The van der Waals surface area contributed by atoms with Gasteiger partial charge in [-0.15, -0.1) is 0 Å². The molecule has 2 fully saturated rings. The first-order chi connectivity index (χ1) is 16.0. The third kappa shape index (κ3) is 6.14. The fourth-order valence-corrected chi connectivity index (χ4v) is 5.63. The van der Waals surface area contributed by atoms with Crippen molar-refractivity contribution in [3.8, 4) is 0 Å². The number of rotatable bonds is 6. The predicted molar refractivity (Wildman–Crippen MR) is 129 cm³/mol. The summed E-state index contributed by atoms with van der Waals surface area (Å²) in [7, 11) is 0. The Labute approximate surface area is 199 Å². The molecule has 0 aliphatic carbocycles. The summed E-state index contributed by atoms with van der Waals surface area (Å²) in [5.41, 5.74) is 1.09. The van der Waals surface area contributed by atoms with E-state index < -0.39 is 5.25 Å². The highest BCUT2D eigenvalue weighted by Gasteiger charge is 2.33. The van der Waals surface area contributed by atoms with Gasteiger partial charge in [0, 0.05) is 50.5 Å². The maximum atomic E-state index is 13.0. The predicted octanol–water partition coefficient (Wildman–Crippen LogP) is 3.14. The van der Waals surface area contributed by atoms with Crippen LogP contribution in [0, 0.1) is 0 Å². The number of benzene rings is 1. The number of hydrogen-bond acceptors (Lipinski definition) is 6. The van der Waals surface area contributed by atoms with Gasteiger partial charge in [0.15, 0.2) is 5.17 Å². The standard InChI is InChI=1S/C24H32N4O4S/c1-2-32-19-10-7-13-28(16-19)23(31)17-8-6-9-18(14-17)25-21(29)15-20-22(30)26-24(33-20)27-11-4-3-5-12-27/h6,8-9,14,19-20H,2-5,7,10-13,15-16H2,1H3,(H,25,29). The van der Waals surface area contributed by atoms with Gasteiger partial charge in [-0.3, -0.25) is 14.4 Å². The minimum absolute atomic E-state index is 0.0587. The summed E-state index contributed by atoms with van der Waals surface area (Å²) in [6.45, 7) is 5.73. The molecule has 178 valence electrons. The van der Waals surface area contributed by atoms with Gasteiger partial charge >= 0.3 is 0 Å². The summed E-state index contributed by atoms with van der Waals surface area (Å²) in [5, 5.41) is 3.10. The first-order valence-corrected chi connectivity index (χ1v) is 12.8. The van der Waals surface area contributed by atoms with E-state index >= 15 is 0 Å². The van der Waals surface area contributed by atoms with Crippen LogP contribution in [0.5, 0.6) is 0 Å². The Morgan fingerprint density at radius 2 is 2.00 bits per heavy atom. The zero-order valence-corrected chi connectivity index (χ0v) is 19.9. The number of amides is 3. The Morgan fingerprint density at radius 3 is 2.79 bits per heavy atom. The topological polar surface area (TPSA) is 91.3 Å². The third-order valence-electron chi connectivity index (χ3n) is 6.19. The second-order valence-corrected chi connectivity index (χ2v) is 9.86. The minimum atomic E-state index is -0.490. The van der Waals surface area contributed by atoms with Crippen LogP contribution in [0.4, 0.5) is 5.69 Å². The Kier molecular flexibility index (Phi) is 8.03. The summed E-state index contributed by atoms with van der Waals surface area (Å²) in [6.07, 6.45) is 5.45. The number of hydrogen-bond donors (Lipinski definition) is 1. The molecule has 4 rings (SSSR count). The van der Waals surface area contributed by atoms with Crippen molar-refractivity contribution in [1.29, 1.82) is 0 Å². The number of likely N-dealkylation sites (tertiary alicyclic amines) is 2. The summed E-state index contributed by atoms with van der Waals surface area (Å²) in [4.78, 5) is 46.1. The lowest BCUT2D eigenvalue weighted by atomic mass is 10.1. The van der Waals surface area contributed by atoms with Crippen molar-refractivity contribution < 1.29 is 19.1 Å². The second kappa shape index (κ2) is 11.2. The summed E-state index contributed by atoms with van der Waals surface area (Å²) >= 11 is 1.39. The van der Waals surface area contributed by atoms with E-state index in [0.717, 1.165) is 43.9 Å². The molecule has 33 heavy (non-hydrogen) atoms. The fraction of sp³-hybridized carbons (Fsp3) is 0.583. The highest BCUT2D eigenvalue weighted by Crippen LogP contribution is 2.29. The van der Waals surface area contributed by atoms with Gasteiger partial charge in [0.2, 0.25) is 5.91 Å². The lowest BCUT2D eigenvalue weighted by Gasteiger charge is -2.32. The maximum Gasteiger partial charge on any atom is 0.262 e. The number of nitrogens with zero attached hydrogens (tertiary/aromatic N) is 3. The van der Waals surface area contributed by atoms with E-state index in [4.69, 9.17) is 4.74 Å². The molecule has 1 aromatic rings. The van der Waals surface area contributed by atoms with Crippen LogP contribution in [0.15, 0.2) is 29.3 Å². The molecule has 1 aromatic carbocycles. The van der Waals surface area contributed by atoms with E-state index in [1.807, 2.05) is 11.8 Å². The smallest absolute Gasteiger partial charge is 0.262 e. The van der Waals surface area contributed by atoms with Crippen molar-refractivity contribution in [3.63, 3.8) is 0 Å². The van der Waals surface area contributed by atoms with E-state index in [1.54, 1.807) is 24.3 Å². The monoisotopic (exact) mass is 472 g/mol. The zero-order valence-electron chi connectivity index (χ0n) is 19.1. The quantitative estimate of drug-likeness (QED) is 0.684. The summed E-state index contributed by atoms with van der Waals surface area (Å²) < 4.78 is 5.70. The van der Waals surface area contributed by atoms with Crippen LogP contribution < -0.4 is 5.32 Å². The minimum Gasteiger partial charge on any atom is -0.377 e. The maximum absolute atomic E-state index is 13.0. The van der Waals surface area contributed by atoms with Gasteiger partial charge in [-0.2, -0.15) is 4.99 Å². The molecule has 0 saturated carbocycles. The lowest BCUT2D eigenvalue weighted by molar-refractivity contribution is -0.121. The van der Waals surface area contributed by atoms with Gasteiger partial charge in [-0.1, -0.05) is 17.8 Å². The van der Waals surface area contributed by atoms with Crippen molar-refractivity contribution in [2.75, 3.05) is 38.1 Å². The number of ether oxygens (including phenoxy) is 1. The average Bonchev–Trinajstić information content (AvgIpc) is 3.19. The average molecular weight is 473 g/mol. The Morgan fingerprint density at radius 1 is 1.18 bits per heavy atom. The van der Waals surface area contributed by atoms with Gasteiger partial charge in [0.1, 0.15) is 5.25 Å². The van der Waals surface area contributed by atoms with Gasteiger partial charge in [0.05, 0.1) is 6.10 Å². The molecule has 2 unspecified atom stereocenters. The fourth-order valence-electron chi connectivity index (χ4n) is 4.52. The van der Waals surface area contributed by atoms with Crippen molar-refractivity contribution in [2.24, 2.45) is 4.99 Å². The number of thioether (sulfide) groups is 1. The zero-order chi connectivity index (χ0) is 23.2. The SMILES string of the molecule is CCOC1CCCN(C(=O)c2cccc(NC(=O)CC3SC(N4CCCCC4)=NC3=O)c2)C1. The van der Waals surface area contributed by atoms with Crippen LogP contribution in [0.1, 0.15) is 55.8 Å². The molecule has 0 spiro atoms. The Balaban J connectivity index is 1.31. The van der Waals surface area contributed by atoms with Crippen molar-refractivity contribution in [3.05, 3.63) is 29.8 Å². The molecule has 0 aromatic heterocycles. The first kappa shape index (κ1) is 23.8. The molecule has 9 heteroatoms. The van der Waals surface area contributed by atoms with Gasteiger partial charge in [-0.05, 0) is 57.2 Å². The first-order valence-electron chi connectivity index (χ1n) is 11.9. The van der Waals surface area contributed by atoms with Crippen molar-refractivity contribution >= 4 is 40.3 Å². The van der Waals surface area contributed by atoms with Crippen LogP contribution in [0.2, 0.25) is 0 Å². The largest absolute Gasteiger partial charge is 0.377 e. The molecule has 3 heterocycles. The van der Waals surface area contributed by atoms with Crippen LogP contribution in [-0.4, -0.2) is 76.8 Å². The molecule has 3 amide bonds. The second-order valence-electron chi connectivity index (χ2n) is 8.69. The van der Waals surface area contributed by atoms with Gasteiger partial charge in [0.25, 0.3) is 11.8 Å². The number of anilines is 1. The van der Waals surface area contributed by atoms with E-state index in [-0.39, 0.29) is 30.2 Å². The van der Waals surface area contributed by atoms with E-state index in [0.29, 0.717) is 30.9 Å². The highest BCUT2D eigenvalue weighted by atomic mass is 32.2. The number of piperidine rings is 2. The molecule has 2 saturated heterocycles. The number of aliphatic imine (C=N–C) groups is 1. The van der Waals surface area contributed by atoms with Crippen LogP contribution >= 0.6 is 11.8 Å². The molecule has 2 atom stereocenters. The number of carbonyl (C=O) groups excluding carboxylic acids is 3.